The van der Waals surface area contributed by atoms with Gasteiger partial charge in [0.15, 0.2) is 11.5 Å². The third kappa shape index (κ3) is 4.64. The zero-order valence-corrected chi connectivity index (χ0v) is 22.4. The van der Waals surface area contributed by atoms with E-state index in [1.54, 1.807) is 11.1 Å². The van der Waals surface area contributed by atoms with Gasteiger partial charge in [-0.1, -0.05) is 69.3 Å². The zero-order valence-electron chi connectivity index (χ0n) is 22.4. The number of benzene rings is 2. The van der Waals surface area contributed by atoms with E-state index >= 15 is 0 Å². The number of fused-ring (bicyclic) bond motifs is 3. The second kappa shape index (κ2) is 9.52. The number of H-pyrrole nitrogens is 1. The van der Waals surface area contributed by atoms with Crippen molar-refractivity contribution in [3.63, 3.8) is 0 Å². The minimum Gasteiger partial charge on any atom is -0.432 e. The summed E-state index contributed by atoms with van der Waals surface area (Å²) in [7, 11) is 0. The first-order valence-electron chi connectivity index (χ1n) is 13.4. The number of piperazine rings is 1. The Morgan fingerprint density at radius 3 is 2.38 bits per heavy atom. The molecule has 4 aromatic rings. The van der Waals surface area contributed by atoms with Crippen LogP contribution < -0.4 is 0 Å². The maximum Gasteiger partial charge on any atom is 0.310 e. The van der Waals surface area contributed by atoms with Crippen LogP contribution in [0.4, 0.5) is 0 Å². The Bertz CT molecular complexity index is 1510. The van der Waals surface area contributed by atoms with E-state index < -0.39 is 11.3 Å². The number of nitrogens with zero attached hydrogens (tertiary/aromatic N) is 3. The molecule has 2 aromatic heterocycles. The summed E-state index contributed by atoms with van der Waals surface area (Å²) in [5.41, 5.74) is 1.89. The molecule has 0 saturated carbocycles. The van der Waals surface area contributed by atoms with Crippen molar-refractivity contribution in [2.45, 2.75) is 45.7 Å². The van der Waals surface area contributed by atoms with Gasteiger partial charge in [-0.2, -0.15) is 0 Å². The number of oxazole rings is 1. The highest BCUT2D eigenvalue weighted by Gasteiger charge is 2.50. The van der Waals surface area contributed by atoms with Gasteiger partial charge in [-0.25, -0.2) is 4.98 Å². The maximum absolute atomic E-state index is 13.9. The van der Waals surface area contributed by atoms with Crippen LogP contribution in [0.5, 0.6) is 0 Å². The molecule has 2 saturated heterocycles. The normalized spacial score (nSPS) is 19.6. The number of Topliss-reactive ketones (excluding diaryl/α,β-unsaturated/α-hetero) is 1. The zero-order chi connectivity index (χ0) is 27.3. The second-order valence-corrected chi connectivity index (χ2v) is 11.7. The van der Waals surface area contributed by atoms with Gasteiger partial charge < -0.3 is 19.2 Å². The third-order valence-corrected chi connectivity index (χ3v) is 8.09. The molecule has 2 aromatic carbocycles. The standard InChI is InChI=1S/C31H32N4O4/c1-31(2,3)23(15-26(36)25-13-20-11-7-8-12-24(20)33-25)29(37)34-17-22-14-21(34)18-35(22)30(38)28-32-16-27(39-28)19-9-5-4-6-10-19/h4-13,16,21-23,33H,14-15,17-18H2,1-3H3/t21-,22-,23+/m0/s1. The molecular formula is C31H32N4O4. The molecule has 200 valence electrons. The van der Waals surface area contributed by atoms with E-state index in [-0.39, 0.29) is 42.0 Å². The average molecular weight is 525 g/mol. The Morgan fingerprint density at radius 2 is 1.69 bits per heavy atom. The lowest BCUT2D eigenvalue weighted by Crippen LogP contribution is -2.53. The van der Waals surface area contributed by atoms with Gasteiger partial charge in [0, 0.05) is 36.0 Å². The number of aromatic amines is 1. The molecule has 0 unspecified atom stereocenters. The van der Waals surface area contributed by atoms with Crippen molar-refractivity contribution in [2.75, 3.05) is 13.1 Å². The first-order chi connectivity index (χ1) is 18.7. The van der Waals surface area contributed by atoms with Gasteiger partial charge in [0.05, 0.1) is 29.9 Å². The molecule has 0 aliphatic carbocycles. The van der Waals surface area contributed by atoms with Crippen molar-refractivity contribution in [1.29, 1.82) is 0 Å². The van der Waals surface area contributed by atoms with Crippen LogP contribution in [0.25, 0.3) is 22.2 Å². The monoisotopic (exact) mass is 524 g/mol. The highest BCUT2D eigenvalue weighted by molar-refractivity contribution is 6.01. The SMILES string of the molecule is CC(C)(C)[C@H](CC(=O)c1cc2ccccc2[nH]1)C(=O)N1C[C@@H]2C[C@H]1CN2C(=O)c1ncc(-c2ccccc2)o1. The van der Waals surface area contributed by atoms with Crippen molar-refractivity contribution in [3.05, 3.63) is 78.4 Å². The predicted molar refractivity (Wildman–Crippen MR) is 147 cm³/mol. The van der Waals surface area contributed by atoms with Gasteiger partial charge in [0.2, 0.25) is 5.91 Å². The van der Waals surface area contributed by atoms with E-state index in [0.29, 0.717) is 24.5 Å². The van der Waals surface area contributed by atoms with E-state index in [4.69, 9.17) is 4.42 Å². The molecule has 2 bridgehead atoms. The molecule has 3 atom stereocenters. The largest absolute Gasteiger partial charge is 0.432 e. The van der Waals surface area contributed by atoms with E-state index in [1.807, 2.05) is 86.3 Å². The van der Waals surface area contributed by atoms with Crippen LogP contribution in [0, 0.1) is 11.3 Å². The first-order valence-corrected chi connectivity index (χ1v) is 13.4. The van der Waals surface area contributed by atoms with Crippen LogP contribution in [0.1, 0.15) is 54.8 Å². The van der Waals surface area contributed by atoms with Crippen LogP contribution in [0.3, 0.4) is 0 Å². The number of aromatic nitrogens is 2. The van der Waals surface area contributed by atoms with Gasteiger partial charge in [-0.15, -0.1) is 0 Å². The summed E-state index contributed by atoms with van der Waals surface area (Å²) >= 11 is 0. The van der Waals surface area contributed by atoms with Crippen LogP contribution >= 0.6 is 0 Å². The Balaban J connectivity index is 1.14. The third-order valence-electron chi connectivity index (χ3n) is 8.09. The molecule has 39 heavy (non-hydrogen) atoms. The number of carbonyl (C=O) groups is 3. The number of carbonyl (C=O) groups excluding carboxylic acids is 3. The minimum absolute atomic E-state index is 0.0194. The summed E-state index contributed by atoms with van der Waals surface area (Å²) in [5.74, 6) is -0.199. The van der Waals surface area contributed by atoms with Gasteiger partial charge in [-0.3, -0.25) is 14.4 Å². The number of nitrogens with one attached hydrogen (secondary N) is 1. The van der Waals surface area contributed by atoms with Crippen molar-refractivity contribution >= 4 is 28.5 Å². The van der Waals surface area contributed by atoms with Crippen molar-refractivity contribution in [1.82, 2.24) is 19.8 Å². The van der Waals surface area contributed by atoms with Crippen molar-refractivity contribution in [2.24, 2.45) is 11.3 Å². The number of hydrogen-bond donors (Lipinski definition) is 1. The first kappa shape index (κ1) is 25.1. The molecule has 1 N–H and O–H groups in total. The van der Waals surface area contributed by atoms with Crippen LogP contribution in [-0.2, 0) is 4.79 Å². The molecule has 2 fully saturated rings. The number of hydrogen-bond acceptors (Lipinski definition) is 5. The Morgan fingerprint density at radius 1 is 1.00 bits per heavy atom. The number of amides is 2. The quantitative estimate of drug-likeness (QED) is 0.350. The van der Waals surface area contributed by atoms with Gasteiger partial charge in [-0.05, 0) is 24.0 Å². The molecular weight excluding hydrogens is 492 g/mol. The number of ketones is 1. The molecule has 0 radical (unpaired) electrons. The predicted octanol–water partition coefficient (Wildman–Crippen LogP) is 5.18. The number of likely N-dealkylation sites (tertiary alicyclic amines) is 2. The van der Waals surface area contributed by atoms with E-state index in [2.05, 4.69) is 9.97 Å². The van der Waals surface area contributed by atoms with Crippen LogP contribution in [0.2, 0.25) is 0 Å². The topological polar surface area (TPSA) is 99.5 Å². The molecule has 2 amide bonds. The molecule has 2 aliphatic heterocycles. The summed E-state index contributed by atoms with van der Waals surface area (Å²) in [6.07, 6.45) is 2.42. The summed E-state index contributed by atoms with van der Waals surface area (Å²) in [4.78, 5) is 51.5. The highest BCUT2D eigenvalue weighted by atomic mass is 16.4. The van der Waals surface area contributed by atoms with E-state index in [9.17, 15) is 14.4 Å². The van der Waals surface area contributed by atoms with E-state index in [0.717, 1.165) is 22.9 Å². The second-order valence-electron chi connectivity index (χ2n) is 11.7. The molecule has 0 spiro atoms. The van der Waals surface area contributed by atoms with Gasteiger partial charge >= 0.3 is 5.91 Å². The van der Waals surface area contributed by atoms with Crippen molar-refractivity contribution < 1.29 is 18.8 Å². The lowest BCUT2D eigenvalue weighted by atomic mass is 9.76. The summed E-state index contributed by atoms with van der Waals surface area (Å²) in [6.45, 7) is 6.90. The molecule has 8 heteroatoms. The molecule has 2 aliphatic rings. The van der Waals surface area contributed by atoms with Crippen LogP contribution in [-0.4, -0.2) is 62.5 Å². The summed E-state index contributed by atoms with van der Waals surface area (Å²) in [5, 5.41) is 0.975. The lowest BCUT2D eigenvalue weighted by molar-refractivity contribution is -0.141. The maximum atomic E-state index is 13.9. The van der Waals surface area contributed by atoms with Gasteiger partial charge in [0.1, 0.15) is 0 Å². The molecule has 4 heterocycles. The molecule has 8 nitrogen and oxygen atoms in total. The van der Waals surface area contributed by atoms with E-state index in [1.165, 1.54) is 0 Å². The fourth-order valence-electron chi connectivity index (χ4n) is 5.90. The smallest absolute Gasteiger partial charge is 0.310 e. The average Bonchev–Trinajstić information content (AvgIpc) is 3.73. The fourth-order valence-corrected chi connectivity index (χ4v) is 5.90. The molecule has 6 rings (SSSR count). The number of para-hydroxylation sites is 1. The lowest BCUT2D eigenvalue weighted by Gasteiger charge is -2.38. The van der Waals surface area contributed by atoms with Crippen molar-refractivity contribution in [3.8, 4) is 11.3 Å². The van der Waals surface area contributed by atoms with Crippen LogP contribution in [0.15, 0.2) is 71.3 Å². The minimum atomic E-state index is -0.472. The van der Waals surface area contributed by atoms with Gasteiger partial charge in [0.25, 0.3) is 5.89 Å². The summed E-state index contributed by atoms with van der Waals surface area (Å²) in [6, 6.07) is 19.0. The fraction of sp³-hybridized carbons (Fsp3) is 0.355. The Kier molecular flexibility index (Phi) is 6.13. The highest BCUT2D eigenvalue weighted by Crippen LogP contribution is 2.38. The Hall–Kier alpha value is -4.20. The summed E-state index contributed by atoms with van der Waals surface area (Å²) < 4.78 is 5.79. The number of rotatable bonds is 6. The Labute approximate surface area is 227 Å².